The molecule has 3 rings (SSSR count). The lowest BCUT2D eigenvalue weighted by Gasteiger charge is -2.28. The second-order valence-electron chi connectivity index (χ2n) is 7.71. The lowest BCUT2D eigenvalue weighted by Crippen LogP contribution is -2.38. The summed E-state index contributed by atoms with van der Waals surface area (Å²) in [5, 5.41) is 3.01. The molecule has 1 atom stereocenters. The fourth-order valence-corrected chi connectivity index (χ4v) is 3.82. The molecule has 5 heteroatoms. The zero-order valence-corrected chi connectivity index (χ0v) is 17.6. The molecule has 2 aromatic rings. The minimum atomic E-state index is 0.243. The lowest BCUT2D eigenvalue weighted by molar-refractivity contribution is -0.135. The quantitative estimate of drug-likeness (QED) is 0.581. The van der Waals surface area contributed by atoms with E-state index in [9.17, 15) is 4.79 Å². The van der Waals surface area contributed by atoms with Gasteiger partial charge in [0.1, 0.15) is 17.4 Å². The number of aromatic nitrogens is 1. The van der Waals surface area contributed by atoms with Crippen molar-refractivity contribution in [1.82, 2.24) is 9.88 Å². The average molecular weight is 387 g/mol. The highest BCUT2D eigenvalue weighted by Gasteiger charge is 2.35. The normalized spacial score (nSPS) is 15.0. The summed E-state index contributed by atoms with van der Waals surface area (Å²) in [5.41, 5.74) is 2.18. The third-order valence-electron chi connectivity index (χ3n) is 5.16. The highest BCUT2D eigenvalue weighted by atomic mass is 32.1. The van der Waals surface area contributed by atoms with Crippen LogP contribution in [0.2, 0.25) is 0 Å². The van der Waals surface area contributed by atoms with Crippen molar-refractivity contribution in [3.63, 3.8) is 0 Å². The second kappa shape index (κ2) is 8.87. The molecule has 4 nitrogen and oxygen atoms in total. The topological polar surface area (TPSA) is 42.4 Å². The summed E-state index contributed by atoms with van der Waals surface area (Å²) in [6.45, 7) is 9.66. The summed E-state index contributed by atoms with van der Waals surface area (Å²) >= 11 is 1.61. The molecular weight excluding hydrogens is 356 g/mol. The Morgan fingerprint density at radius 3 is 2.70 bits per heavy atom. The van der Waals surface area contributed by atoms with Crippen LogP contribution in [0.5, 0.6) is 5.75 Å². The summed E-state index contributed by atoms with van der Waals surface area (Å²) in [4.78, 5) is 19.3. The second-order valence-corrected chi connectivity index (χ2v) is 8.65. The van der Waals surface area contributed by atoms with Crippen LogP contribution in [-0.4, -0.2) is 21.8 Å². The van der Waals surface area contributed by atoms with Crippen LogP contribution in [-0.2, 0) is 17.9 Å². The van der Waals surface area contributed by atoms with Crippen molar-refractivity contribution < 1.29 is 9.53 Å². The van der Waals surface area contributed by atoms with Crippen molar-refractivity contribution in [2.75, 3.05) is 0 Å². The summed E-state index contributed by atoms with van der Waals surface area (Å²) in [6, 6.07) is 8.42. The van der Waals surface area contributed by atoms with Crippen molar-refractivity contribution in [1.29, 1.82) is 0 Å². The van der Waals surface area contributed by atoms with E-state index in [0.717, 1.165) is 35.7 Å². The van der Waals surface area contributed by atoms with Gasteiger partial charge in [-0.3, -0.25) is 4.79 Å². The predicted octanol–water partition coefficient (Wildman–Crippen LogP) is 5.38. The van der Waals surface area contributed by atoms with Gasteiger partial charge in [-0.1, -0.05) is 39.0 Å². The Hall–Kier alpha value is -1.88. The first-order valence-electron chi connectivity index (χ1n) is 9.95. The van der Waals surface area contributed by atoms with Crippen molar-refractivity contribution in [3.8, 4) is 5.75 Å². The summed E-state index contributed by atoms with van der Waals surface area (Å²) in [6.07, 6.45) is 3.04. The third kappa shape index (κ3) is 5.10. The minimum Gasteiger partial charge on any atom is -0.486 e. The number of carbonyl (C=O) groups is 1. The smallest absolute Gasteiger partial charge is 0.226 e. The number of carbonyl (C=O) groups excluding carboxylic acids is 1. The SMILES string of the molecule is CC[C@@H](C)N(Cc1csc(COc2ccccc2C(C)C)n1)C(=O)C1CC1. The van der Waals surface area contributed by atoms with Crippen molar-refractivity contribution in [3.05, 3.63) is 45.9 Å². The first-order chi connectivity index (χ1) is 13.0. The third-order valence-corrected chi connectivity index (χ3v) is 6.03. The molecule has 0 unspecified atom stereocenters. The monoisotopic (exact) mass is 386 g/mol. The van der Waals surface area contributed by atoms with Gasteiger partial charge < -0.3 is 9.64 Å². The number of hydrogen-bond donors (Lipinski definition) is 0. The number of ether oxygens (including phenoxy) is 1. The Kier molecular flexibility index (Phi) is 6.53. The molecule has 0 spiro atoms. The van der Waals surface area contributed by atoms with Crippen LogP contribution in [0, 0.1) is 5.92 Å². The molecule has 1 amide bonds. The van der Waals surface area contributed by atoms with Gasteiger partial charge in [0.2, 0.25) is 5.91 Å². The van der Waals surface area contributed by atoms with Crippen LogP contribution in [0.15, 0.2) is 29.6 Å². The highest BCUT2D eigenvalue weighted by molar-refractivity contribution is 7.09. The first kappa shape index (κ1) is 19.9. The molecule has 0 bridgehead atoms. The van der Waals surface area contributed by atoms with Gasteiger partial charge in [0.15, 0.2) is 0 Å². The molecule has 0 N–H and O–H groups in total. The molecule has 0 aliphatic heterocycles. The number of benzene rings is 1. The van der Waals surface area contributed by atoms with Crippen LogP contribution >= 0.6 is 11.3 Å². The first-order valence-corrected chi connectivity index (χ1v) is 10.8. The van der Waals surface area contributed by atoms with Crippen molar-refractivity contribution >= 4 is 17.2 Å². The predicted molar refractivity (Wildman–Crippen MR) is 110 cm³/mol. The largest absolute Gasteiger partial charge is 0.486 e. The van der Waals surface area contributed by atoms with Gasteiger partial charge in [-0.25, -0.2) is 4.98 Å². The summed E-state index contributed by atoms with van der Waals surface area (Å²) < 4.78 is 6.03. The Morgan fingerprint density at radius 1 is 1.30 bits per heavy atom. The van der Waals surface area contributed by atoms with E-state index in [2.05, 4.69) is 39.1 Å². The van der Waals surface area contributed by atoms with Gasteiger partial charge in [0.05, 0.1) is 12.2 Å². The number of nitrogens with zero attached hydrogens (tertiary/aromatic N) is 2. The molecule has 1 aliphatic rings. The molecule has 1 saturated carbocycles. The molecule has 0 radical (unpaired) electrons. The average Bonchev–Trinajstić information content (AvgIpc) is 3.43. The molecule has 1 aromatic carbocycles. The van der Waals surface area contributed by atoms with Crippen LogP contribution < -0.4 is 4.74 Å². The number of rotatable bonds is 9. The zero-order valence-electron chi connectivity index (χ0n) is 16.8. The van der Waals surface area contributed by atoms with E-state index in [1.165, 1.54) is 5.56 Å². The van der Waals surface area contributed by atoms with E-state index >= 15 is 0 Å². The van der Waals surface area contributed by atoms with E-state index in [1.807, 2.05) is 23.1 Å². The van der Waals surface area contributed by atoms with E-state index in [4.69, 9.17) is 9.72 Å². The molecule has 1 heterocycles. The maximum absolute atomic E-state index is 12.6. The van der Waals surface area contributed by atoms with Gasteiger partial charge in [-0.05, 0) is 43.7 Å². The Bertz CT molecular complexity index is 767. The van der Waals surface area contributed by atoms with E-state index in [1.54, 1.807) is 11.3 Å². The number of hydrogen-bond acceptors (Lipinski definition) is 4. The lowest BCUT2D eigenvalue weighted by atomic mass is 10.0. The zero-order chi connectivity index (χ0) is 19.4. The molecule has 1 aromatic heterocycles. The van der Waals surface area contributed by atoms with Crippen LogP contribution in [0.1, 0.15) is 69.1 Å². The summed E-state index contributed by atoms with van der Waals surface area (Å²) in [7, 11) is 0. The Morgan fingerprint density at radius 2 is 2.04 bits per heavy atom. The number of thiazole rings is 1. The van der Waals surface area contributed by atoms with Crippen LogP contribution in [0.4, 0.5) is 0 Å². The molecule has 27 heavy (non-hydrogen) atoms. The van der Waals surface area contributed by atoms with Gasteiger partial charge >= 0.3 is 0 Å². The van der Waals surface area contributed by atoms with Crippen LogP contribution in [0.25, 0.3) is 0 Å². The fourth-order valence-electron chi connectivity index (χ4n) is 3.13. The number of para-hydroxylation sites is 1. The van der Waals surface area contributed by atoms with Crippen LogP contribution in [0.3, 0.4) is 0 Å². The van der Waals surface area contributed by atoms with E-state index < -0.39 is 0 Å². The number of amides is 1. The maximum Gasteiger partial charge on any atom is 0.226 e. The van der Waals surface area contributed by atoms with Gasteiger partial charge in [-0.15, -0.1) is 11.3 Å². The molecule has 0 saturated heterocycles. The Balaban J connectivity index is 1.63. The Labute approximate surface area is 166 Å². The van der Waals surface area contributed by atoms with E-state index in [-0.39, 0.29) is 12.0 Å². The maximum atomic E-state index is 12.6. The molecular formula is C22H30N2O2S. The van der Waals surface area contributed by atoms with Gasteiger partial charge in [0.25, 0.3) is 0 Å². The fraction of sp³-hybridized carbons (Fsp3) is 0.545. The van der Waals surface area contributed by atoms with Crippen molar-refractivity contribution in [2.45, 2.75) is 72.1 Å². The van der Waals surface area contributed by atoms with Crippen molar-refractivity contribution in [2.24, 2.45) is 5.92 Å². The molecule has 1 fully saturated rings. The molecule has 1 aliphatic carbocycles. The van der Waals surface area contributed by atoms with Gasteiger partial charge in [0, 0.05) is 17.3 Å². The summed E-state index contributed by atoms with van der Waals surface area (Å²) in [5.74, 6) is 1.88. The standard InChI is InChI=1S/C22H30N2O2S/c1-5-16(4)24(22(25)17-10-11-17)12-18-14-27-21(23-18)13-26-20-9-7-6-8-19(20)15(2)3/h6-9,14-17H,5,10-13H2,1-4H3/t16-/m1/s1. The minimum absolute atomic E-state index is 0.243. The van der Waals surface area contributed by atoms with Gasteiger partial charge in [-0.2, -0.15) is 0 Å². The molecule has 146 valence electrons. The van der Waals surface area contributed by atoms with E-state index in [0.29, 0.717) is 25.0 Å². The highest BCUT2D eigenvalue weighted by Crippen LogP contribution is 2.33.